The van der Waals surface area contributed by atoms with E-state index < -0.39 is 5.95 Å². The fourth-order valence-electron chi connectivity index (χ4n) is 1.60. The highest BCUT2D eigenvalue weighted by molar-refractivity contribution is 5.94. The van der Waals surface area contributed by atoms with Crippen molar-refractivity contribution in [3.05, 3.63) is 53.7 Å². The molecule has 0 aliphatic carbocycles. The molecule has 6 heteroatoms. The van der Waals surface area contributed by atoms with Crippen LogP contribution in [-0.2, 0) is 0 Å². The predicted octanol–water partition coefficient (Wildman–Crippen LogP) is 1.77. The van der Waals surface area contributed by atoms with E-state index in [0.29, 0.717) is 24.5 Å². The van der Waals surface area contributed by atoms with Crippen LogP contribution in [0.2, 0.25) is 0 Å². The predicted molar refractivity (Wildman–Crippen MR) is 74.0 cm³/mol. The van der Waals surface area contributed by atoms with Gasteiger partial charge in [0.1, 0.15) is 12.1 Å². The van der Waals surface area contributed by atoms with Gasteiger partial charge in [-0.3, -0.25) is 4.79 Å². The topological polar surface area (TPSA) is 66.9 Å². The van der Waals surface area contributed by atoms with Crippen LogP contribution in [-0.4, -0.2) is 29.0 Å². The van der Waals surface area contributed by atoms with Crippen molar-refractivity contribution < 1.29 is 9.18 Å². The van der Waals surface area contributed by atoms with E-state index in [1.54, 1.807) is 12.1 Å². The van der Waals surface area contributed by atoms with Crippen molar-refractivity contribution in [1.29, 1.82) is 0 Å². The number of halogens is 1. The van der Waals surface area contributed by atoms with Gasteiger partial charge in [-0.25, -0.2) is 9.97 Å². The second kappa shape index (κ2) is 6.60. The molecule has 1 amide bonds. The Labute approximate surface area is 116 Å². The molecular weight excluding hydrogens is 259 g/mol. The summed E-state index contributed by atoms with van der Waals surface area (Å²) in [4.78, 5) is 19.0. The van der Waals surface area contributed by atoms with Crippen LogP contribution in [0.15, 0.2) is 36.7 Å². The number of aryl methyl sites for hydroxylation is 1. The molecule has 0 aliphatic rings. The van der Waals surface area contributed by atoms with Crippen LogP contribution in [0.5, 0.6) is 0 Å². The summed E-state index contributed by atoms with van der Waals surface area (Å²) in [7, 11) is 0. The molecule has 0 saturated heterocycles. The highest BCUT2D eigenvalue weighted by atomic mass is 19.1. The normalized spacial score (nSPS) is 10.1. The molecule has 0 radical (unpaired) electrons. The number of aromatic nitrogens is 2. The zero-order valence-electron chi connectivity index (χ0n) is 11.1. The van der Waals surface area contributed by atoms with E-state index in [0.717, 1.165) is 11.9 Å². The molecule has 104 valence electrons. The standard InChI is InChI=1S/C14H15FN4O/c1-10-2-4-11(5-3-10)14(20)17-7-6-16-13-8-12(15)18-9-19-13/h2-5,8-9H,6-7H2,1H3,(H,17,20)(H,16,18,19). The minimum absolute atomic E-state index is 0.138. The van der Waals surface area contributed by atoms with Crippen LogP contribution in [0, 0.1) is 12.9 Å². The maximum atomic E-state index is 12.8. The van der Waals surface area contributed by atoms with Crippen molar-refractivity contribution >= 4 is 11.7 Å². The molecule has 20 heavy (non-hydrogen) atoms. The fraction of sp³-hybridized carbons (Fsp3) is 0.214. The molecule has 1 heterocycles. The van der Waals surface area contributed by atoms with Gasteiger partial charge in [0.25, 0.3) is 5.91 Å². The van der Waals surface area contributed by atoms with E-state index in [-0.39, 0.29) is 5.91 Å². The largest absolute Gasteiger partial charge is 0.368 e. The summed E-state index contributed by atoms with van der Waals surface area (Å²) in [6.07, 6.45) is 1.14. The van der Waals surface area contributed by atoms with Gasteiger partial charge in [-0.2, -0.15) is 4.39 Å². The van der Waals surface area contributed by atoms with Gasteiger partial charge < -0.3 is 10.6 Å². The first-order valence-corrected chi connectivity index (χ1v) is 6.21. The summed E-state index contributed by atoms with van der Waals surface area (Å²) in [6, 6.07) is 8.52. The Balaban J connectivity index is 1.76. The Morgan fingerprint density at radius 2 is 1.95 bits per heavy atom. The fourth-order valence-corrected chi connectivity index (χ4v) is 1.60. The number of nitrogens with zero attached hydrogens (tertiary/aromatic N) is 2. The Bertz CT molecular complexity index is 586. The maximum Gasteiger partial charge on any atom is 0.251 e. The van der Waals surface area contributed by atoms with Gasteiger partial charge in [0.2, 0.25) is 5.95 Å². The summed E-state index contributed by atoms with van der Waals surface area (Å²) in [5.41, 5.74) is 1.72. The van der Waals surface area contributed by atoms with Crippen molar-refractivity contribution in [3.8, 4) is 0 Å². The molecule has 1 aromatic carbocycles. The molecule has 1 aromatic heterocycles. The summed E-state index contributed by atoms with van der Waals surface area (Å²) < 4.78 is 12.8. The minimum atomic E-state index is -0.591. The average Bonchev–Trinajstić information content (AvgIpc) is 2.44. The number of rotatable bonds is 5. The van der Waals surface area contributed by atoms with Crippen molar-refractivity contribution in [3.63, 3.8) is 0 Å². The zero-order chi connectivity index (χ0) is 14.4. The molecule has 5 nitrogen and oxygen atoms in total. The second-order valence-corrected chi connectivity index (χ2v) is 4.27. The van der Waals surface area contributed by atoms with E-state index in [9.17, 15) is 9.18 Å². The molecule has 0 bridgehead atoms. The van der Waals surface area contributed by atoms with Crippen LogP contribution >= 0.6 is 0 Å². The van der Waals surface area contributed by atoms with Crippen LogP contribution in [0.1, 0.15) is 15.9 Å². The molecule has 2 aromatic rings. The minimum Gasteiger partial charge on any atom is -0.368 e. The van der Waals surface area contributed by atoms with Gasteiger partial charge in [-0.05, 0) is 19.1 Å². The summed E-state index contributed by atoms with van der Waals surface area (Å²) in [5, 5.41) is 5.66. The summed E-state index contributed by atoms with van der Waals surface area (Å²) >= 11 is 0. The number of benzene rings is 1. The van der Waals surface area contributed by atoms with Crippen LogP contribution in [0.4, 0.5) is 10.2 Å². The highest BCUT2D eigenvalue weighted by Gasteiger charge is 2.03. The Morgan fingerprint density at radius 3 is 2.65 bits per heavy atom. The van der Waals surface area contributed by atoms with Crippen LogP contribution < -0.4 is 10.6 Å². The van der Waals surface area contributed by atoms with Crippen LogP contribution in [0.3, 0.4) is 0 Å². The monoisotopic (exact) mass is 274 g/mol. The van der Waals surface area contributed by atoms with Crippen molar-refractivity contribution in [2.24, 2.45) is 0 Å². The van der Waals surface area contributed by atoms with E-state index in [2.05, 4.69) is 20.6 Å². The lowest BCUT2D eigenvalue weighted by molar-refractivity contribution is 0.0955. The number of anilines is 1. The first-order chi connectivity index (χ1) is 9.65. The lowest BCUT2D eigenvalue weighted by atomic mass is 10.1. The number of hydrogen-bond acceptors (Lipinski definition) is 4. The third kappa shape index (κ3) is 4.01. The molecule has 0 spiro atoms. The second-order valence-electron chi connectivity index (χ2n) is 4.27. The smallest absolute Gasteiger partial charge is 0.251 e. The number of carbonyl (C=O) groups excluding carboxylic acids is 1. The number of hydrogen-bond donors (Lipinski definition) is 2. The Kier molecular flexibility index (Phi) is 4.60. The summed E-state index contributed by atoms with van der Waals surface area (Å²) in [5.74, 6) is -0.339. The third-order valence-corrected chi connectivity index (χ3v) is 2.66. The van der Waals surface area contributed by atoms with Crippen molar-refractivity contribution in [2.75, 3.05) is 18.4 Å². The molecule has 0 unspecified atom stereocenters. The van der Waals surface area contributed by atoms with Gasteiger partial charge in [0, 0.05) is 24.7 Å². The van der Waals surface area contributed by atoms with Gasteiger partial charge in [0.05, 0.1) is 0 Å². The lowest BCUT2D eigenvalue weighted by Crippen LogP contribution is -2.28. The van der Waals surface area contributed by atoms with Gasteiger partial charge in [-0.15, -0.1) is 0 Å². The number of amides is 1. The number of nitrogens with one attached hydrogen (secondary N) is 2. The van der Waals surface area contributed by atoms with Crippen LogP contribution in [0.25, 0.3) is 0 Å². The van der Waals surface area contributed by atoms with Gasteiger partial charge in [0.15, 0.2) is 0 Å². The van der Waals surface area contributed by atoms with Gasteiger partial charge in [-0.1, -0.05) is 17.7 Å². The number of carbonyl (C=O) groups is 1. The van der Waals surface area contributed by atoms with Gasteiger partial charge >= 0.3 is 0 Å². The molecule has 2 N–H and O–H groups in total. The Hall–Kier alpha value is -2.50. The zero-order valence-corrected chi connectivity index (χ0v) is 11.1. The van der Waals surface area contributed by atoms with Crippen molar-refractivity contribution in [1.82, 2.24) is 15.3 Å². The van der Waals surface area contributed by atoms with E-state index in [1.165, 1.54) is 6.07 Å². The quantitative estimate of drug-likeness (QED) is 0.644. The van der Waals surface area contributed by atoms with Crippen molar-refractivity contribution in [2.45, 2.75) is 6.92 Å². The molecule has 0 fully saturated rings. The lowest BCUT2D eigenvalue weighted by Gasteiger charge is -2.07. The SMILES string of the molecule is Cc1ccc(C(=O)NCCNc2cc(F)ncn2)cc1. The Morgan fingerprint density at radius 1 is 1.20 bits per heavy atom. The molecule has 0 aliphatic heterocycles. The van der Waals surface area contributed by atoms with E-state index in [4.69, 9.17) is 0 Å². The first kappa shape index (κ1) is 13.9. The summed E-state index contributed by atoms with van der Waals surface area (Å²) in [6.45, 7) is 2.83. The average molecular weight is 274 g/mol. The molecule has 2 rings (SSSR count). The molecular formula is C14H15FN4O. The first-order valence-electron chi connectivity index (χ1n) is 6.21. The molecule has 0 atom stereocenters. The van der Waals surface area contributed by atoms with E-state index >= 15 is 0 Å². The van der Waals surface area contributed by atoms with E-state index in [1.807, 2.05) is 19.1 Å². The highest BCUT2D eigenvalue weighted by Crippen LogP contribution is 2.03. The third-order valence-electron chi connectivity index (χ3n) is 2.66. The molecule has 0 saturated carbocycles. The maximum absolute atomic E-state index is 12.8.